The van der Waals surface area contributed by atoms with E-state index in [4.69, 9.17) is 0 Å². The Morgan fingerprint density at radius 3 is 2.81 bits per heavy atom. The highest BCUT2D eigenvalue weighted by atomic mass is 16.1. The van der Waals surface area contributed by atoms with E-state index in [0.717, 1.165) is 30.4 Å². The summed E-state index contributed by atoms with van der Waals surface area (Å²) in [6.07, 6.45) is 7.66. The summed E-state index contributed by atoms with van der Waals surface area (Å²) in [5.74, 6) is 0.607. The van der Waals surface area contributed by atoms with Gasteiger partial charge in [0.25, 0.3) is 5.91 Å². The number of hydrogen-bond donors (Lipinski definition) is 1. The Labute approximate surface area is 151 Å². The molecule has 2 aromatic heterocycles. The lowest BCUT2D eigenvalue weighted by molar-refractivity contribution is 0.0950. The fourth-order valence-electron chi connectivity index (χ4n) is 3.04. The normalized spacial score (nSPS) is 13.8. The lowest BCUT2D eigenvalue weighted by Gasteiger charge is -2.15. The van der Waals surface area contributed by atoms with Gasteiger partial charge in [0.2, 0.25) is 5.95 Å². The summed E-state index contributed by atoms with van der Waals surface area (Å²) in [5, 5.41) is 7.12. The van der Waals surface area contributed by atoms with Crippen molar-refractivity contribution in [1.82, 2.24) is 25.1 Å². The third-order valence-corrected chi connectivity index (χ3v) is 4.40. The molecule has 1 aliphatic rings. The smallest absolute Gasteiger partial charge is 0.251 e. The number of nitrogens with one attached hydrogen (secondary N) is 1. The van der Waals surface area contributed by atoms with Crippen LogP contribution < -0.4 is 10.2 Å². The maximum absolute atomic E-state index is 12.5. The molecule has 0 atom stereocenters. The number of nitrogens with zero attached hydrogens (tertiary/aromatic N) is 5. The van der Waals surface area contributed by atoms with E-state index in [1.54, 1.807) is 23.1 Å². The third-order valence-electron chi connectivity index (χ3n) is 4.40. The Balaban J connectivity index is 1.43. The van der Waals surface area contributed by atoms with Crippen LogP contribution >= 0.6 is 0 Å². The largest absolute Gasteiger partial charge is 0.346 e. The molecule has 0 aliphatic carbocycles. The third kappa shape index (κ3) is 3.56. The van der Waals surface area contributed by atoms with Crippen LogP contribution in [0.15, 0.2) is 55.0 Å². The number of aromatic nitrogens is 4. The molecule has 0 spiro atoms. The van der Waals surface area contributed by atoms with Crippen LogP contribution in [0.3, 0.4) is 0 Å². The summed E-state index contributed by atoms with van der Waals surface area (Å²) in [4.78, 5) is 23.6. The van der Waals surface area contributed by atoms with E-state index in [0.29, 0.717) is 12.1 Å². The zero-order chi connectivity index (χ0) is 17.8. The van der Waals surface area contributed by atoms with Crippen molar-refractivity contribution >= 4 is 11.9 Å². The van der Waals surface area contributed by atoms with E-state index in [9.17, 15) is 4.79 Å². The fraction of sp³-hybridized carbons (Fsp3) is 0.263. The topological polar surface area (TPSA) is 75.9 Å². The molecule has 26 heavy (non-hydrogen) atoms. The Hall–Kier alpha value is -3.22. The van der Waals surface area contributed by atoms with Crippen molar-refractivity contribution in [3.8, 4) is 5.69 Å². The Morgan fingerprint density at radius 2 is 2.00 bits per heavy atom. The Morgan fingerprint density at radius 1 is 1.12 bits per heavy atom. The van der Waals surface area contributed by atoms with Crippen LogP contribution in [0, 0.1) is 0 Å². The van der Waals surface area contributed by atoms with E-state index in [1.807, 2.05) is 36.5 Å². The number of carbonyl (C=O) groups excluding carboxylic acids is 1. The quantitative estimate of drug-likeness (QED) is 0.765. The first-order valence-corrected chi connectivity index (χ1v) is 8.75. The summed E-state index contributed by atoms with van der Waals surface area (Å²) >= 11 is 0. The van der Waals surface area contributed by atoms with Crippen molar-refractivity contribution in [2.75, 3.05) is 18.0 Å². The summed E-state index contributed by atoms with van der Waals surface area (Å²) in [5.41, 5.74) is 2.24. The summed E-state index contributed by atoms with van der Waals surface area (Å²) < 4.78 is 1.73. The van der Waals surface area contributed by atoms with Gasteiger partial charge in [-0.2, -0.15) is 5.10 Å². The summed E-state index contributed by atoms with van der Waals surface area (Å²) in [7, 11) is 0. The zero-order valence-electron chi connectivity index (χ0n) is 14.4. The predicted octanol–water partition coefficient (Wildman–Crippen LogP) is 2.19. The van der Waals surface area contributed by atoms with Crippen LogP contribution in [0.2, 0.25) is 0 Å². The fourth-order valence-corrected chi connectivity index (χ4v) is 3.04. The molecular formula is C19H20N6O. The first-order chi connectivity index (χ1) is 12.8. The van der Waals surface area contributed by atoms with Gasteiger partial charge in [-0.3, -0.25) is 4.79 Å². The molecule has 1 aliphatic heterocycles. The Kier molecular flexibility index (Phi) is 4.59. The van der Waals surface area contributed by atoms with Gasteiger partial charge in [0.1, 0.15) is 0 Å². The highest BCUT2D eigenvalue weighted by Crippen LogP contribution is 2.15. The van der Waals surface area contributed by atoms with Crippen LogP contribution in [0.4, 0.5) is 5.95 Å². The summed E-state index contributed by atoms with van der Waals surface area (Å²) in [6, 6.07) is 11.0. The molecule has 1 amide bonds. The molecule has 1 aromatic carbocycles. The Bertz CT molecular complexity index is 887. The van der Waals surface area contributed by atoms with Crippen LogP contribution in [-0.4, -0.2) is 38.7 Å². The van der Waals surface area contributed by atoms with Crippen LogP contribution in [0.5, 0.6) is 0 Å². The van der Waals surface area contributed by atoms with Crippen molar-refractivity contribution in [2.24, 2.45) is 0 Å². The lowest BCUT2D eigenvalue weighted by Crippen LogP contribution is -2.25. The average Bonchev–Trinajstić information content (AvgIpc) is 3.40. The number of rotatable bonds is 5. The molecule has 0 saturated carbocycles. The molecule has 0 unspecified atom stereocenters. The molecule has 3 heterocycles. The molecule has 132 valence electrons. The van der Waals surface area contributed by atoms with Gasteiger partial charge in [-0.1, -0.05) is 6.07 Å². The van der Waals surface area contributed by atoms with Gasteiger partial charge in [-0.15, -0.1) is 0 Å². The van der Waals surface area contributed by atoms with Crippen molar-refractivity contribution in [3.05, 3.63) is 66.2 Å². The van der Waals surface area contributed by atoms with E-state index in [-0.39, 0.29) is 5.91 Å². The zero-order valence-corrected chi connectivity index (χ0v) is 14.4. The first kappa shape index (κ1) is 16.3. The minimum atomic E-state index is -0.139. The minimum absolute atomic E-state index is 0.139. The number of hydrogen-bond acceptors (Lipinski definition) is 5. The van der Waals surface area contributed by atoms with Gasteiger partial charge in [0, 0.05) is 37.2 Å². The highest BCUT2D eigenvalue weighted by molar-refractivity contribution is 5.94. The minimum Gasteiger partial charge on any atom is -0.346 e. The predicted molar refractivity (Wildman–Crippen MR) is 98.2 cm³/mol. The molecule has 4 rings (SSSR count). The van der Waals surface area contributed by atoms with Crippen LogP contribution in [-0.2, 0) is 6.54 Å². The standard InChI is InChI=1S/C19H20N6O/c26-18(15-5-3-6-17(13-15)25-12-4-8-22-25)21-14-16-7-9-20-19(23-16)24-10-1-2-11-24/h3-9,12-13H,1-2,10-11,14H2,(H,21,26). The second kappa shape index (κ2) is 7.35. The van der Waals surface area contributed by atoms with Crippen molar-refractivity contribution in [2.45, 2.75) is 19.4 Å². The summed E-state index contributed by atoms with van der Waals surface area (Å²) in [6.45, 7) is 2.36. The van der Waals surface area contributed by atoms with E-state index >= 15 is 0 Å². The van der Waals surface area contributed by atoms with Gasteiger partial charge in [0.05, 0.1) is 17.9 Å². The molecule has 0 bridgehead atoms. The van der Waals surface area contributed by atoms with Crippen molar-refractivity contribution in [1.29, 1.82) is 0 Å². The SMILES string of the molecule is O=C(NCc1ccnc(N2CCCC2)n1)c1cccc(-n2cccn2)c1. The van der Waals surface area contributed by atoms with Gasteiger partial charge in [-0.05, 0) is 43.2 Å². The lowest BCUT2D eigenvalue weighted by atomic mass is 10.2. The number of amides is 1. The highest BCUT2D eigenvalue weighted by Gasteiger charge is 2.15. The van der Waals surface area contributed by atoms with E-state index in [2.05, 4.69) is 25.3 Å². The van der Waals surface area contributed by atoms with Gasteiger partial charge < -0.3 is 10.2 Å². The van der Waals surface area contributed by atoms with Gasteiger partial charge in [-0.25, -0.2) is 14.6 Å². The molecule has 1 fully saturated rings. The average molecular weight is 348 g/mol. The maximum Gasteiger partial charge on any atom is 0.251 e. The van der Waals surface area contributed by atoms with Crippen LogP contribution in [0.25, 0.3) is 5.69 Å². The molecule has 7 nitrogen and oxygen atoms in total. The van der Waals surface area contributed by atoms with Crippen LogP contribution in [0.1, 0.15) is 28.9 Å². The van der Waals surface area contributed by atoms with Gasteiger partial charge >= 0.3 is 0 Å². The second-order valence-corrected chi connectivity index (χ2v) is 6.23. The molecule has 7 heteroatoms. The molecule has 1 N–H and O–H groups in total. The first-order valence-electron chi connectivity index (χ1n) is 8.75. The number of anilines is 1. The van der Waals surface area contributed by atoms with Crippen molar-refractivity contribution in [3.63, 3.8) is 0 Å². The number of benzene rings is 1. The molecule has 1 saturated heterocycles. The molecular weight excluding hydrogens is 328 g/mol. The monoisotopic (exact) mass is 348 g/mol. The van der Waals surface area contributed by atoms with E-state index in [1.165, 1.54) is 12.8 Å². The maximum atomic E-state index is 12.5. The molecule has 0 radical (unpaired) electrons. The van der Waals surface area contributed by atoms with Crippen molar-refractivity contribution < 1.29 is 4.79 Å². The number of carbonyl (C=O) groups is 1. The second-order valence-electron chi connectivity index (χ2n) is 6.23. The molecule has 3 aromatic rings. The van der Waals surface area contributed by atoms with E-state index < -0.39 is 0 Å². The van der Waals surface area contributed by atoms with Gasteiger partial charge in [0.15, 0.2) is 0 Å².